The van der Waals surface area contributed by atoms with Crippen LogP contribution >= 0.6 is 0 Å². The van der Waals surface area contributed by atoms with Crippen LogP contribution in [0.5, 0.6) is 5.75 Å². The minimum Gasteiger partial charge on any atom is -0.497 e. The largest absolute Gasteiger partial charge is 0.497 e. The van der Waals surface area contributed by atoms with Gasteiger partial charge in [-0.1, -0.05) is 12.1 Å². The molecule has 0 aromatic heterocycles. The summed E-state index contributed by atoms with van der Waals surface area (Å²) in [6.45, 7) is 3.60. The molecular weight excluding hydrogens is 300 g/mol. The molecule has 0 saturated carbocycles. The Kier molecular flexibility index (Phi) is 4.82. The monoisotopic (exact) mass is 318 g/mol. The summed E-state index contributed by atoms with van der Waals surface area (Å²) in [5, 5.41) is 3.81. The molecule has 0 aliphatic rings. The van der Waals surface area contributed by atoms with Crippen molar-refractivity contribution >= 4 is 16.2 Å². The van der Waals surface area contributed by atoms with Crippen molar-refractivity contribution in [3.8, 4) is 5.75 Å². The number of hydrazone groups is 1. The summed E-state index contributed by atoms with van der Waals surface area (Å²) in [5.41, 5.74) is 2.33. The van der Waals surface area contributed by atoms with E-state index in [-0.39, 0.29) is 4.90 Å². The molecule has 0 atom stereocenters. The first-order valence-electron chi connectivity index (χ1n) is 6.68. The number of sulfonamides is 1. The van der Waals surface area contributed by atoms with Crippen LogP contribution in [0, 0.1) is 13.8 Å². The third-order valence-corrected chi connectivity index (χ3v) is 4.50. The number of benzene rings is 2. The molecule has 2 rings (SSSR count). The highest BCUT2D eigenvalue weighted by Crippen LogP contribution is 2.16. The maximum Gasteiger partial charge on any atom is 0.276 e. The van der Waals surface area contributed by atoms with Gasteiger partial charge in [-0.05, 0) is 60.9 Å². The second-order valence-electron chi connectivity index (χ2n) is 4.90. The molecule has 116 valence electrons. The third kappa shape index (κ3) is 3.85. The van der Waals surface area contributed by atoms with Crippen molar-refractivity contribution in [3.63, 3.8) is 0 Å². The van der Waals surface area contributed by atoms with E-state index in [2.05, 4.69) is 9.93 Å². The molecule has 2 aromatic carbocycles. The van der Waals surface area contributed by atoms with Crippen LogP contribution in [-0.2, 0) is 10.0 Å². The van der Waals surface area contributed by atoms with E-state index in [4.69, 9.17) is 4.74 Å². The van der Waals surface area contributed by atoms with Crippen LogP contribution < -0.4 is 9.57 Å². The molecule has 22 heavy (non-hydrogen) atoms. The van der Waals surface area contributed by atoms with E-state index in [1.54, 1.807) is 50.4 Å². The van der Waals surface area contributed by atoms with Gasteiger partial charge in [-0.3, -0.25) is 0 Å². The smallest absolute Gasteiger partial charge is 0.276 e. The Morgan fingerprint density at radius 3 is 2.41 bits per heavy atom. The number of methoxy groups -OCH3 is 1. The summed E-state index contributed by atoms with van der Waals surface area (Å²) in [7, 11) is -2.08. The zero-order valence-electron chi connectivity index (χ0n) is 12.7. The Morgan fingerprint density at radius 2 is 1.77 bits per heavy atom. The van der Waals surface area contributed by atoms with Gasteiger partial charge >= 0.3 is 0 Å². The second-order valence-corrected chi connectivity index (χ2v) is 6.52. The van der Waals surface area contributed by atoms with Crippen molar-refractivity contribution in [2.24, 2.45) is 5.10 Å². The summed E-state index contributed by atoms with van der Waals surface area (Å²) in [6, 6.07) is 12.4. The van der Waals surface area contributed by atoms with Gasteiger partial charge in [-0.15, -0.1) is 0 Å². The predicted octanol–water partition coefficient (Wildman–Crippen LogP) is 2.62. The first-order chi connectivity index (χ1) is 10.4. The van der Waals surface area contributed by atoms with E-state index in [1.165, 1.54) is 6.21 Å². The molecule has 5 nitrogen and oxygen atoms in total. The fourth-order valence-electron chi connectivity index (χ4n) is 1.91. The van der Waals surface area contributed by atoms with Crippen molar-refractivity contribution in [3.05, 3.63) is 59.2 Å². The van der Waals surface area contributed by atoms with Crippen LogP contribution in [0.2, 0.25) is 0 Å². The number of hydrogen-bond donors (Lipinski definition) is 1. The minimum atomic E-state index is -3.67. The van der Waals surface area contributed by atoms with Crippen molar-refractivity contribution in [1.29, 1.82) is 0 Å². The van der Waals surface area contributed by atoms with Crippen LogP contribution in [0.3, 0.4) is 0 Å². The van der Waals surface area contributed by atoms with Crippen molar-refractivity contribution < 1.29 is 13.2 Å². The van der Waals surface area contributed by atoms with Crippen LogP contribution in [0.4, 0.5) is 0 Å². The molecule has 1 N–H and O–H groups in total. The van der Waals surface area contributed by atoms with E-state index in [1.807, 2.05) is 13.0 Å². The quantitative estimate of drug-likeness (QED) is 0.680. The fourth-order valence-corrected chi connectivity index (χ4v) is 3.03. The summed E-state index contributed by atoms with van der Waals surface area (Å²) >= 11 is 0. The summed E-state index contributed by atoms with van der Waals surface area (Å²) in [5.74, 6) is 0.730. The van der Waals surface area contributed by atoms with Crippen LogP contribution in [0.25, 0.3) is 0 Å². The number of ether oxygens (including phenoxy) is 1. The third-order valence-electron chi connectivity index (χ3n) is 3.14. The highest BCUT2D eigenvalue weighted by molar-refractivity contribution is 7.89. The SMILES string of the molecule is COc1ccc(C=NNS(=O)(=O)c2cc(C)ccc2C)cc1. The van der Waals surface area contributed by atoms with E-state index in [9.17, 15) is 8.42 Å². The van der Waals surface area contributed by atoms with Gasteiger partial charge in [0.15, 0.2) is 0 Å². The number of aryl methyl sites for hydroxylation is 2. The molecule has 0 amide bonds. The van der Waals surface area contributed by atoms with Crippen molar-refractivity contribution in [1.82, 2.24) is 4.83 Å². The number of hydrogen-bond acceptors (Lipinski definition) is 4. The summed E-state index contributed by atoms with van der Waals surface area (Å²) in [6.07, 6.45) is 1.45. The molecule has 0 aliphatic carbocycles. The van der Waals surface area contributed by atoms with Gasteiger partial charge in [0.2, 0.25) is 0 Å². The van der Waals surface area contributed by atoms with Crippen LogP contribution in [0.1, 0.15) is 16.7 Å². The van der Waals surface area contributed by atoms with Gasteiger partial charge in [0, 0.05) is 0 Å². The van der Waals surface area contributed by atoms with Gasteiger partial charge < -0.3 is 4.74 Å². The minimum absolute atomic E-state index is 0.236. The molecule has 0 aliphatic heterocycles. The lowest BCUT2D eigenvalue weighted by atomic mass is 10.2. The van der Waals surface area contributed by atoms with Crippen molar-refractivity contribution in [2.45, 2.75) is 18.7 Å². The number of rotatable bonds is 5. The Bertz CT molecular complexity index is 782. The molecule has 0 saturated heterocycles. The topological polar surface area (TPSA) is 67.8 Å². The van der Waals surface area contributed by atoms with Gasteiger partial charge in [0.1, 0.15) is 5.75 Å². The lowest BCUT2D eigenvalue weighted by Gasteiger charge is -2.07. The van der Waals surface area contributed by atoms with E-state index in [0.29, 0.717) is 5.56 Å². The highest BCUT2D eigenvalue weighted by atomic mass is 32.2. The molecule has 0 unspecified atom stereocenters. The Morgan fingerprint density at radius 1 is 1.09 bits per heavy atom. The van der Waals surface area contributed by atoms with Crippen LogP contribution in [0.15, 0.2) is 52.5 Å². The standard InChI is InChI=1S/C16H18N2O3S/c1-12-4-5-13(2)16(10-12)22(19,20)18-17-11-14-6-8-15(21-3)9-7-14/h4-11,18H,1-3H3. The van der Waals surface area contributed by atoms with E-state index >= 15 is 0 Å². The number of nitrogens with zero attached hydrogens (tertiary/aromatic N) is 1. The Balaban J connectivity index is 2.15. The molecular formula is C16H18N2O3S. The highest BCUT2D eigenvalue weighted by Gasteiger charge is 2.15. The Labute approximate surface area is 130 Å². The van der Waals surface area contributed by atoms with Gasteiger partial charge in [0.25, 0.3) is 10.0 Å². The molecule has 0 heterocycles. The second kappa shape index (κ2) is 6.62. The molecule has 0 spiro atoms. The molecule has 0 radical (unpaired) electrons. The molecule has 0 fully saturated rings. The maximum absolute atomic E-state index is 12.3. The average molecular weight is 318 g/mol. The Hall–Kier alpha value is -2.34. The van der Waals surface area contributed by atoms with Gasteiger partial charge in [-0.2, -0.15) is 13.5 Å². The van der Waals surface area contributed by atoms with E-state index in [0.717, 1.165) is 16.9 Å². The number of nitrogens with one attached hydrogen (secondary N) is 1. The summed E-state index contributed by atoms with van der Waals surface area (Å²) in [4.78, 5) is 2.47. The van der Waals surface area contributed by atoms with Gasteiger partial charge in [-0.25, -0.2) is 4.83 Å². The fraction of sp³-hybridized carbons (Fsp3) is 0.188. The normalized spacial score (nSPS) is 11.6. The summed E-state index contributed by atoms with van der Waals surface area (Å²) < 4.78 is 29.6. The lowest BCUT2D eigenvalue weighted by Crippen LogP contribution is -2.19. The predicted molar refractivity (Wildman–Crippen MR) is 86.8 cm³/mol. The zero-order chi connectivity index (χ0) is 16.2. The average Bonchev–Trinajstić information content (AvgIpc) is 2.50. The van der Waals surface area contributed by atoms with E-state index < -0.39 is 10.0 Å². The maximum atomic E-state index is 12.3. The zero-order valence-corrected chi connectivity index (χ0v) is 13.5. The van der Waals surface area contributed by atoms with Crippen LogP contribution in [-0.4, -0.2) is 21.7 Å². The first-order valence-corrected chi connectivity index (χ1v) is 8.17. The van der Waals surface area contributed by atoms with Gasteiger partial charge in [0.05, 0.1) is 18.2 Å². The lowest BCUT2D eigenvalue weighted by molar-refractivity contribution is 0.415. The van der Waals surface area contributed by atoms with Crippen molar-refractivity contribution in [2.75, 3.05) is 7.11 Å². The molecule has 2 aromatic rings. The first kappa shape index (κ1) is 16.0. The molecule has 0 bridgehead atoms. The molecule has 6 heteroatoms.